The molecule has 0 bridgehead atoms. The number of hydrogen-bond acceptors (Lipinski definition) is 2. The molecule has 2 nitrogen and oxygen atoms in total. The lowest BCUT2D eigenvalue weighted by Gasteiger charge is -2.27. The van der Waals surface area contributed by atoms with Gasteiger partial charge < -0.3 is 9.53 Å². The van der Waals surface area contributed by atoms with Gasteiger partial charge in [0.1, 0.15) is 5.60 Å². The Hall–Kier alpha value is -0.630. The second-order valence-corrected chi connectivity index (χ2v) is 3.60. The van der Waals surface area contributed by atoms with Crippen LogP contribution in [0, 0.1) is 5.92 Å². The summed E-state index contributed by atoms with van der Waals surface area (Å²) >= 11 is 0. The zero-order valence-electron chi connectivity index (χ0n) is 8.88. The molecule has 13 heavy (non-hydrogen) atoms. The molecule has 2 atom stereocenters. The van der Waals surface area contributed by atoms with Gasteiger partial charge in [-0.25, -0.2) is 0 Å². The lowest BCUT2D eigenvalue weighted by Crippen LogP contribution is -2.34. The van der Waals surface area contributed by atoms with Crippen LogP contribution in [0.2, 0.25) is 0 Å². The molecule has 0 aliphatic heterocycles. The van der Waals surface area contributed by atoms with E-state index in [0.717, 1.165) is 19.1 Å². The van der Waals surface area contributed by atoms with Gasteiger partial charge in [-0.15, -0.1) is 6.58 Å². The van der Waals surface area contributed by atoms with E-state index in [1.165, 1.54) is 0 Å². The molecule has 0 aromatic rings. The Morgan fingerprint density at radius 3 is 2.54 bits per heavy atom. The van der Waals surface area contributed by atoms with Gasteiger partial charge in [0.2, 0.25) is 0 Å². The van der Waals surface area contributed by atoms with Crippen molar-refractivity contribution < 1.29 is 9.53 Å². The summed E-state index contributed by atoms with van der Waals surface area (Å²) in [7, 11) is 1.58. The fourth-order valence-electron chi connectivity index (χ4n) is 1.37. The predicted octanol–water partition coefficient (Wildman–Crippen LogP) is 2.58. The van der Waals surface area contributed by atoms with Crippen LogP contribution in [-0.2, 0) is 9.53 Å². The molecule has 0 spiro atoms. The second-order valence-electron chi connectivity index (χ2n) is 3.60. The number of carbonyl (C=O) groups is 1. The minimum absolute atomic E-state index is 0.505. The highest BCUT2D eigenvalue weighted by atomic mass is 16.5. The molecule has 0 saturated carbocycles. The van der Waals surface area contributed by atoms with Crippen molar-refractivity contribution >= 4 is 6.29 Å². The lowest BCUT2D eigenvalue weighted by atomic mass is 9.88. The highest BCUT2D eigenvalue weighted by molar-refractivity contribution is 5.62. The number of ether oxygens (including phenoxy) is 1. The number of rotatable bonds is 7. The molecule has 0 radical (unpaired) electrons. The van der Waals surface area contributed by atoms with Crippen LogP contribution >= 0.6 is 0 Å². The van der Waals surface area contributed by atoms with Gasteiger partial charge >= 0.3 is 0 Å². The molecule has 0 unspecified atom stereocenters. The summed E-state index contributed by atoms with van der Waals surface area (Å²) in [5.41, 5.74) is -0.642. The van der Waals surface area contributed by atoms with E-state index in [4.69, 9.17) is 4.74 Å². The van der Waals surface area contributed by atoms with Gasteiger partial charge in [-0.2, -0.15) is 0 Å². The molecule has 0 amide bonds. The Balaban J connectivity index is 4.36. The van der Waals surface area contributed by atoms with Crippen molar-refractivity contribution in [3.05, 3.63) is 12.7 Å². The van der Waals surface area contributed by atoms with E-state index in [1.807, 2.05) is 0 Å². The summed E-state index contributed by atoms with van der Waals surface area (Å²) in [5.74, 6) is 0.505. The standard InChI is InChI=1S/C11H20O2/c1-5-7-11(9-12,13-4)8-10(3)6-2/h5,9-10H,1,6-8H2,2-4H3/t10-,11+/m0/s1. The van der Waals surface area contributed by atoms with E-state index in [-0.39, 0.29) is 0 Å². The van der Waals surface area contributed by atoms with Crippen molar-refractivity contribution in [1.29, 1.82) is 0 Å². The van der Waals surface area contributed by atoms with Crippen molar-refractivity contribution in [2.75, 3.05) is 7.11 Å². The smallest absolute Gasteiger partial charge is 0.152 e. The molecule has 0 aliphatic carbocycles. The van der Waals surface area contributed by atoms with E-state index in [9.17, 15) is 4.79 Å². The monoisotopic (exact) mass is 184 g/mol. The quantitative estimate of drug-likeness (QED) is 0.449. The molecular formula is C11H20O2. The number of hydrogen-bond donors (Lipinski definition) is 0. The molecule has 0 aromatic carbocycles. The van der Waals surface area contributed by atoms with Crippen LogP contribution < -0.4 is 0 Å². The maximum atomic E-state index is 10.9. The second kappa shape index (κ2) is 5.92. The first-order valence-corrected chi connectivity index (χ1v) is 4.76. The first-order chi connectivity index (χ1) is 6.14. The summed E-state index contributed by atoms with van der Waals surface area (Å²) < 4.78 is 5.26. The van der Waals surface area contributed by atoms with Crippen molar-refractivity contribution in [3.8, 4) is 0 Å². The van der Waals surface area contributed by atoms with Crippen molar-refractivity contribution in [2.24, 2.45) is 5.92 Å². The lowest BCUT2D eigenvalue weighted by molar-refractivity contribution is -0.129. The molecule has 0 aliphatic rings. The van der Waals surface area contributed by atoms with E-state index in [2.05, 4.69) is 20.4 Å². The molecule has 0 fully saturated rings. The van der Waals surface area contributed by atoms with Crippen LogP contribution in [0.3, 0.4) is 0 Å². The maximum absolute atomic E-state index is 10.9. The first kappa shape index (κ1) is 12.4. The molecular weight excluding hydrogens is 164 g/mol. The molecule has 0 N–H and O–H groups in total. The Kier molecular flexibility index (Phi) is 5.63. The van der Waals surface area contributed by atoms with Gasteiger partial charge in [0.25, 0.3) is 0 Å². The summed E-state index contributed by atoms with van der Waals surface area (Å²) in [5, 5.41) is 0. The van der Waals surface area contributed by atoms with Crippen LogP contribution in [0.25, 0.3) is 0 Å². The highest BCUT2D eigenvalue weighted by Crippen LogP contribution is 2.24. The molecule has 76 valence electrons. The van der Waals surface area contributed by atoms with Crippen LogP contribution in [0.1, 0.15) is 33.1 Å². The van der Waals surface area contributed by atoms with Gasteiger partial charge in [0, 0.05) is 13.5 Å². The van der Waals surface area contributed by atoms with E-state index in [0.29, 0.717) is 12.3 Å². The Bertz CT molecular complexity index is 165. The third-order valence-corrected chi connectivity index (χ3v) is 2.50. The van der Waals surface area contributed by atoms with Crippen LogP contribution in [0.5, 0.6) is 0 Å². The summed E-state index contributed by atoms with van der Waals surface area (Å²) in [4.78, 5) is 10.9. The highest BCUT2D eigenvalue weighted by Gasteiger charge is 2.29. The minimum atomic E-state index is -0.642. The first-order valence-electron chi connectivity index (χ1n) is 4.76. The Morgan fingerprint density at radius 2 is 2.23 bits per heavy atom. The predicted molar refractivity (Wildman–Crippen MR) is 54.7 cm³/mol. The molecule has 0 heterocycles. The average molecular weight is 184 g/mol. The number of methoxy groups -OCH3 is 1. The maximum Gasteiger partial charge on any atom is 0.152 e. The Labute approximate surface area is 81.0 Å². The molecule has 2 heteroatoms. The molecule has 0 aromatic heterocycles. The Morgan fingerprint density at radius 1 is 1.62 bits per heavy atom. The van der Waals surface area contributed by atoms with Crippen molar-refractivity contribution in [3.63, 3.8) is 0 Å². The SMILES string of the molecule is C=CC[C@](C=O)(C[C@@H](C)CC)OC. The van der Waals surface area contributed by atoms with Gasteiger partial charge in [-0.1, -0.05) is 26.3 Å². The van der Waals surface area contributed by atoms with Crippen LogP contribution in [0.15, 0.2) is 12.7 Å². The largest absolute Gasteiger partial charge is 0.370 e. The summed E-state index contributed by atoms with van der Waals surface area (Å²) in [6, 6.07) is 0. The normalized spacial score (nSPS) is 17.5. The van der Waals surface area contributed by atoms with E-state index in [1.54, 1.807) is 13.2 Å². The van der Waals surface area contributed by atoms with Crippen molar-refractivity contribution in [2.45, 2.75) is 38.7 Å². The van der Waals surface area contributed by atoms with Gasteiger partial charge in [0.05, 0.1) is 0 Å². The van der Waals surface area contributed by atoms with Crippen LogP contribution in [-0.4, -0.2) is 19.0 Å². The third-order valence-electron chi connectivity index (χ3n) is 2.50. The van der Waals surface area contributed by atoms with Gasteiger partial charge in [0.15, 0.2) is 6.29 Å². The zero-order valence-corrected chi connectivity index (χ0v) is 8.88. The summed E-state index contributed by atoms with van der Waals surface area (Å²) in [6.07, 6.45) is 5.07. The minimum Gasteiger partial charge on any atom is -0.370 e. The molecule has 0 rings (SSSR count). The topological polar surface area (TPSA) is 26.3 Å². The molecule has 0 saturated heterocycles. The van der Waals surface area contributed by atoms with Gasteiger partial charge in [-0.3, -0.25) is 0 Å². The zero-order chi connectivity index (χ0) is 10.3. The average Bonchev–Trinajstić information content (AvgIpc) is 2.17. The fourth-order valence-corrected chi connectivity index (χ4v) is 1.37. The third kappa shape index (κ3) is 3.73. The van der Waals surface area contributed by atoms with Crippen LogP contribution in [0.4, 0.5) is 0 Å². The number of aldehydes is 1. The summed E-state index contributed by atoms with van der Waals surface area (Å²) in [6.45, 7) is 7.88. The number of carbonyl (C=O) groups excluding carboxylic acids is 1. The van der Waals surface area contributed by atoms with E-state index < -0.39 is 5.60 Å². The van der Waals surface area contributed by atoms with Crippen molar-refractivity contribution in [1.82, 2.24) is 0 Å². The fraction of sp³-hybridized carbons (Fsp3) is 0.727. The van der Waals surface area contributed by atoms with E-state index >= 15 is 0 Å². The van der Waals surface area contributed by atoms with Gasteiger partial charge in [-0.05, 0) is 12.3 Å².